The highest BCUT2D eigenvalue weighted by Gasteiger charge is 2.43. The number of rotatable bonds is 2. The van der Waals surface area contributed by atoms with E-state index in [0.29, 0.717) is 6.54 Å². The van der Waals surface area contributed by atoms with Crippen LogP contribution in [0.25, 0.3) is 0 Å². The quantitative estimate of drug-likeness (QED) is 0.711. The lowest BCUT2D eigenvalue weighted by Crippen LogP contribution is -2.35. The predicted molar refractivity (Wildman–Crippen MR) is 62.6 cm³/mol. The van der Waals surface area contributed by atoms with Crippen LogP contribution >= 0.6 is 0 Å². The van der Waals surface area contributed by atoms with Gasteiger partial charge in [0.15, 0.2) is 0 Å². The largest absolute Gasteiger partial charge is 0.468 e. The van der Waals surface area contributed by atoms with Crippen molar-refractivity contribution in [2.75, 3.05) is 13.7 Å². The fourth-order valence-electron chi connectivity index (χ4n) is 2.11. The van der Waals surface area contributed by atoms with Gasteiger partial charge in [-0.05, 0) is 18.9 Å². The first-order valence-corrected chi connectivity index (χ1v) is 5.37. The average Bonchev–Trinajstić information content (AvgIpc) is 2.72. The Morgan fingerprint density at radius 3 is 2.69 bits per heavy atom. The van der Waals surface area contributed by atoms with Crippen molar-refractivity contribution in [3.05, 3.63) is 35.9 Å². The van der Waals surface area contributed by atoms with Gasteiger partial charge in [-0.2, -0.15) is 0 Å². The number of hydrogen-bond donors (Lipinski definition) is 0. The van der Waals surface area contributed by atoms with Crippen molar-refractivity contribution >= 4 is 11.7 Å². The maximum atomic E-state index is 11.8. The molecule has 0 radical (unpaired) electrons. The smallest absolute Gasteiger partial charge is 0.317 e. The monoisotopic (exact) mass is 217 g/mol. The van der Waals surface area contributed by atoms with Gasteiger partial charge in [0.2, 0.25) is 0 Å². The first-order chi connectivity index (χ1) is 7.68. The zero-order valence-electron chi connectivity index (χ0n) is 9.56. The van der Waals surface area contributed by atoms with Gasteiger partial charge in [-0.1, -0.05) is 30.3 Å². The third-order valence-electron chi connectivity index (χ3n) is 3.09. The van der Waals surface area contributed by atoms with Gasteiger partial charge in [-0.25, -0.2) is 0 Å². The standard InChI is InChI=1S/C13H15NO2/c1-13(12(15)16-2)8-9-14-11(13)10-6-4-3-5-7-10/h3-7H,8-9H2,1-2H3/t13-/m1/s1. The summed E-state index contributed by atoms with van der Waals surface area (Å²) in [6.45, 7) is 2.59. The van der Waals surface area contributed by atoms with Crippen molar-refractivity contribution < 1.29 is 9.53 Å². The van der Waals surface area contributed by atoms with Crippen LogP contribution < -0.4 is 0 Å². The molecule has 0 amide bonds. The molecule has 0 bridgehead atoms. The first kappa shape index (κ1) is 10.9. The summed E-state index contributed by atoms with van der Waals surface area (Å²) in [6, 6.07) is 9.81. The first-order valence-electron chi connectivity index (χ1n) is 5.37. The highest BCUT2D eigenvalue weighted by molar-refractivity contribution is 6.16. The average molecular weight is 217 g/mol. The Kier molecular flexibility index (Phi) is 2.77. The molecule has 0 fully saturated rings. The molecule has 0 unspecified atom stereocenters. The van der Waals surface area contributed by atoms with Crippen LogP contribution in [-0.4, -0.2) is 25.3 Å². The Hall–Kier alpha value is -1.64. The third kappa shape index (κ3) is 1.62. The molecule has 0 aromatic heterocycles. The normalized spacial score (nSPS) is 24.0. The Morgan fingerprint density at radius 2 is 2.06 bits per heavy atom. The number of hydrogen-bond acceptors (Lipinski definition) is 3. The molecule has 16 heavy (non-hydrogen) atoms. The topological polar surface area (TPSA) is 38.7 Å². The molecule has 0 saturated heterocycles. The summed E-state index contributed by atoms with van der Waals surface area (Å²) in [5.74, 6) is -0.201. The van der Waals surface area contributed by atoms with Gasteiger partial charge in [0, 0.05) is 6.54 Å². The molecule has 1 aliphatic heterocycles. The van der Waals surface area contributed by atoms with Crippen LogP contribution in [0, 0.1) is 5.41 Å². The Labute approximate surface area is 95.2 Å². The molecule has 0 aliphatic carbocycles. The van der Waals surface area contributed by atoms with Gasteiger partial charge in [0.25, 0.3) is 0 Å². The van der Waals surface area contributed by atoms with E-state index in [0.717, 1.165) is 17.7 Å². The van der Waals surface area contributed by atoms with Crippen LogP contribution in [-0.2, 0) is 9.53 Å². The van der Waals surface area contributed by atoms with E-state index in [2.05, 4.69) is 4.99 Å². The van der Waals surface area contributed by atoms with Crippen molar-refractivity contribution in [2.24, 2.45) is 10.4 Å². The van der Waals surface area contributed by atoms with Crippen LogP contribution in [0.1, 0.15) is 18.9 Å². The number of nitrogens with zero attached hydrogens (tertiary/aromatic N) is 1. The van der Waals surface area contributed by atoms with Gasteiger partial charge >= 0.3 is 5.97 Å². The predicted octanol–water partition coefficient (Wildman–Crippen LogP) is 2.06. The minimum Gasteiger partial charge on any atom is -0.468 e. The Morgan fingerprint density at radius 1 is 1.38 bits per heavy atom. The number of aliphatic imine (C=N–C) groups is 1. The SMILES string of the molecule is COC(=O)[C@]1(C)CCN=C1c1ccccc1. The van der Waals surface area contributed by atoms with Crippen molar-refractivity contribution in [1.29, 1.82) is 0 Å². The maximum absolute atomic E-state index is 11.8. The summed E-state index contributed by atoms with van der Waals surface area (Å²) < 4.78 is 4.87. The molecule has 0 saturated carbocycles. The lowest BCUT2D eigenvalue weighted by atomic mass is 9.81. The van der Waals surface area contributed by atoms with E-state index in [9.17, 15) is 4.79 Å². The van der Waals surface area contributed by atoms with Gasteiger partial charge in [-0.15, -0.1) is 0 Å². The second-order valence-electron chi connectivity index (χ2n) is 4.17. The molecule has 0 N–H and O–H groups in total. The molecule has 3 heteroatoms. The number of ether oxygens (including phenoxy) is 1. The number of carbonyl (C=O) groups excluding carboxylic acids is 1. The number of carbonyl (C=O) groups is 1. The number of benzene rings is 1. The fraction of sp³-hybridized carbons (Fsp3) is 0.385. The summed E-state index contributed by atoms with van der Waals surface area (Å²) in [5.41, 5.74) is 1.27. The van der Waals surface area contributed by atoms with E-state index < -0.39 is 5.41 Å². The van der Waals surface area contributed by atoms with Crippen LogP contribution in [0.15, 0.2) is 35.3 Å². The van der Waals surface area contributed by atoms with E-state index >= 15 is 0 Å². The van der Waals surface area contributed by atoms with Crippen molar-refractivity contribution in [3.8, 4) is 0 Å². The molecule has 1 heterocycles. The third-order valence-corrected chi connectivity index (χ3v) is 3.09. The summed E-state index contributed by atoms with van der Waals surface area (Å²) in [6.07, 6.45) is 0.726. The van der Waals surface area contributed by atoms with Crippen molar-refractivity contribution in [1.82, 2.24) is 0 Å². The summed E-state index contributed by atoms with van der Waals surface area (Å²) >= 11 is 0. The van der Waals surface area contributed by atoms with E-state index in [-0.39, 0.29) is 5.97 Å². The van der Waals surface area contributed by atoms with E-state index in [1.807, 2.05) is 37.3 Å². The van der Waals surface area contributed by atoms with Gasteiger partial charge in [0.05, 0.1) is 12.8 Å². The Bertz CT molecular complexity index is 425. The minimum absolute atomic E-state index is 0.201. The summed E-state index contributed by atoms with van der Waals surface area (Å²) in [5, 5.41) is 0. The molecule has 84 valence electrons. The van der Waals surface area contributed by atoms with E-state index in [1.54, 1.807) is 0 Å². The van der Waals surface area contributed by atoms with Crippen LogP contribution in [0.3, 0.4) is 0 Å². The van der Waals surface area contributed by atoms with Crippen LogP contribution in [0.2, 0.25) is 0 Å². The zero-order chi connectivity index (χ0) is 11.6. The van der Waals surface area contributed by atoms with Crippen molar-refractivity contribution in [2.45, 2.75) is 13.3 Å². The molecular formula is C13H15NO2. The van der Waals surface area contributed by atoms with Gasteiger partial charge in [-0.3, -0.25) is 9.79 Å². The van der Waals surface area contributed by atoms with Gasteiger partial charge < -0.3 is 4.74 Å². The van der Waals surface area contributed by atoms with Crippen LogP contribution in [0.5, 0.6) is 0 Å². The highest BCUT2D eigenvalue weighted by Crippen LogP contribution is 2.33. The lowest BCUT2D eigenvalue weighted by molar-refractivity contribution is -0.147. The lowest BCUT2D eigenvalue weighted by Gasteiger charge is -2.22. The minimum atomic E-state index is -0.587. The summed E-state index contributed by atoms with van der Waals surface area (Å²) in [7, 11) is 1.43. The fourth-order valence-corrected chi connectivity index (χ4v) is 2.11. The van der Waals surface area contributed by atoms with Crippen LogP contribution in [0.4, 0.5) is 0 Å². The second kappa shape index (κ2) is 4.08. The molecule has 1 atom stereocenters. The second-order valence-corrected chi connectivity index (χ2v) is 4.17. The van der Waals surface area contributed by atoms with Crippen molar-refractivity contribution in [3.63, 3.8) is 0 Å². The molecule has 2 rings (SSSR count). The summed E-state index contributed by atoms with van der Waals surface area (Å²) in [4.78, 5) is 16.3. The van der Waals surface area contributed by atoms with E-state index in [4.69, 9.17) is 4.74 Å². The maximum Gasteiger partial charge on any atom is 0.317 e. The molecule has 1 aliphatic rings. The molecule has 0 spiro atoms. The van der Waals surface area contributed by atoms with E-state index in [1.165, 1.54) is 7.11 Å². The molecule has 1 aromatic rings. The molecule has 1 aromatic carbocycles. The molecule has 3 nitrogen and oxygen atoms in total. The number of methoxy groups -OCH3 is 1. The Balaban J connectivity index is 2.38. The highest BCUT2D eigenvalue weighted by atomic mass is 16.5. The zero-order valence-corrected chi connectivity index (χ0v) is 9.56. The molecular weight excluding hydrogens is 202 g/mol. The number of esters is 1. The van der Waals surface area contributed by atoms with Gasteiger partial charge in [0.1, 0.15) is 5.41 Å².